The predicted octanol–water partition coefficient (Wildman–Crippen LogP) is 5.62. The van der Waals surface area contributed by atoms with Gasteiger partial charge in [-0.3, -0.25) is 4.79 Å². The summed E-state index contributed by atoms with van der Waals surface area (Å²) in [6.07, 6.45) is 2.39. The number of halogens is 2. The number of carbonyl (C=O) groups excluding carboxylic acids is 1. The van der Waals surface area contributed by atoms with Crippen LogP contribution in [0.5, 0.6) is 0 Å². The molecule has 0 saturated heterocycles. The molecule has 1 N–H and O–H groups in total. The summed E-state index contributed by atoms with van der Waals surface area (Å²) in [5.74, 6) is -0.438. The fraction of sp³-hybridized carbons (Fsp3) is 0.115. The van der Waals surface area contributed by atoms with Crippen molar-refractivity contribution in [2.75, 3.05) is 0 Å². The first kappa shape index (κ1) is 21.5. The largest absolute Gasteiger partial charge is 0.345 e. The molecule has 0 aliphatic heterocycles. The first-order valence-corrected chi connectivity index (χ1v) is 10.8. The highest BCUT2D eigenvalue weighted by Crippen LogP contribution is 2.27. The number of hydrogen-bond donors (Lipinski definition) is 1. The molecule has 170 valence electrons. The highest BCUT2D eigenvalue weighted by Gasteiger charge is 2.22. The number of fused-ring (bicyclic) bond motifs is 1. The SMILES string of the molecule is CC(NC(=O)c1cnn2c(C(F)F)cc(-c3ccccc3)nc12)c1cccc(-n2cccc2)c1. The van der Waals surface area contributed by atoms with Crippen molar-refractivity contribution < 1.29 is 13.6 Å². The Morgan fingerprint density at radius 1 is 0.971 bits per heavy atom. The second kappa shape index (κ2) is 8.90. The van der Waals surface area contributed by atoms with E-state index in [9.17, 15) is 13.6 Å². The summed E-state index contributed by atoms with van der Waals surface area (Å²) < 4.78 is 30.6. The number of nitrogens with one attached hydrogen (secondary N) is 1. The monoisotopic (exact) mass is 457 g/mol. The van der Waals surface area contributed by atoms with Crippen LogP contribution in [0, 0.1) is 0 Å². The van der Waals surface area contributed by atoms with Gasteiger partial charge < -0.3 is 9.88 Å². The van der Waals surface area contributed by atoms with Crippen LogP contribution in [0.2, 0.25) is 0 Å². The molecule has 3 heterocycles. The Kier molecular flexibility index (Phi) is 5.63. The molecule has 3 aromatic heterocycles. The smallest absolute Gasteiger partial charge is 0.280 e. The summed E-state index contributed by atoms with van der Waals surface area (Å²) in [7, 11) is 0. The van der Waals surface area contributed by atoms with E-state index in [0.717, 1.165) is 15.8 Å². The van der Waals surface area contributed by atoms with Crippen molar-refractivity contribution in [1.29, 1.82) is 0 Å². The summed E-state index contributed by atoms with van der Waals surface area (Å²) in [5, 5.41) is 6.98. The molecule has 0 aliphatic carbocycles. The Hall–Kier alpha value is -4.33. The first-order chi connectivity index (χ1) is 16.5. The molecule has 0 spiro atoms. The predicted molar refractivity (Wildman–Crippen MR) is 125 cm³/mol. The maximum Gasteiger partial charge on any atom is 0.280 e. The summed E-state index contributed by atoms with van der Waals surface area (Å²) in [5.41, 5.74) is 2.79. The molecule has 34 heavy (non-hydrogen) atoms. The van der Waals surface area contributed by atoms with E-state index < -0.39 is 12.3 Å². The minimum absolute atomic E-state index is 0.0856. The molecule has 0 radical (unpaired) electrons. The van der Waals surface area contributed by atoms with Crippen LogP contribution in [0.3, 0.4) is 0 Å². The van der Waals surface area contributed by atoms with Crippen LogP contribution in [0.25, 0.3) is 22.6 Å². The quantitative estimate of drug-likeness (QED) is 0.360. The van der Waals surface area contributed by atoms with Gasteiger partial charge >= 0.3 is 0 Å². The molecule has 0 fully saturated rings. The van der Waals surface area contributed by atoms with Crippen LogP contribution in [-0.4, -0.2) is 25.1 Å². The fourth-order valence-corrected chi connectivity index (χ4v) is 3.88. The lowest BCUT2D eigenvalue weighted by molar-refractivity contribution is 0.0941. The van der Waals surface area contributed by atoms with Gasteiger partial charge in [0.25, 0.3) is 12.3 Å². The van der Waals surface area contributed by atoms with E-state index >= 15 is 0 Å². The van der Waals surface area contributed by atoms with Crippen LogP contribution in [0.1, 0.15) is 41.0 Å². The van der Waals surface area contributed by atoms with Crippen LogP contribution in [-0.2, 0) is 0 Å². The summed E-state index contributed by atoms with van der Waals surface area (Å²) in [6, 6.07) is 21.7. The molecule has 5 aromatic rings. The first-order valence-electron chi connectivity index (χ1n) is 10.8. The number of benzene rings is 2. The number of rotatable bonds is 6. The summed E-state index contributed by atoms with van der Waals surface area (Å²) in [4.78, 5) is 17.6. The van der Waals surface area contributed by atoms with Crippen molar-refractivity contribution in [3.63, 3.8) is 0 Å². The van der Waals surface area contributed by atoms with E-state index in [4.69, 9.17) is 0 Å². The number of alkyl halides is 2. The molecular weight excluding hydrogens is 436 g/mol. The highest BCUT2D eigenvalue weighted by molar-refractivity contribution is 6.00. The third-order valence-electron chi connectivity index (χ3n) is 5.66. The maximum absolute atomic E-state index is 13.8. The third kappa shape index (κ3) is 4.05. The molecule has 1 atom stereocenters. The molecule has 5 rings (SSSR count). The van der Waals surface area contributed by atoms with E-state index in [2.05, 4.69) is 15.4 Å². The third-order valence-corrected chi connectivity index (χ3v) is 5.66. The zero-order valence-electron chi connectivity index (χ0n) is 18.3. The zero-order valence-corrected chi connectivity index (χ0v) is 18.3. The fourth-order valence-electron chi connectivity index (χ4n) is 3.88. The molecule has 1 unspecified atom stereocenters. The van der Waals surface area contributed by atoms with Gasteiger partial charge in [0.05, 0.1) is 17.9 Å². The van der Waals surface area contributed by atoms with Gasteiger partial charge in [-0.25, -0.2) is 18.3 Å². The minimum Gasteiger partial charge on any atom is -0.345 e. The van der Waals surface area contributed by atoms with E-state index in [1.807, 2.05) is 66.3 Å². The minimum atomic E-state index is -2.78. The van der Waals surface area contributed by atoms with Crippen molar-refractivity contribution in [2.45, 2.75) is 19.4 Å². The van der Waals surface area contributed by atoms with Gasteiger partial charge in [-0.2, -0.15) is 5.10 Å². The normalized spacial score (nSPS) is 12.2. The molecule has 8 heteroatoms. The maximum atomic E-state index is 13.8. The van der Waals surface area contributed by atoms with Gasteiger partial charge in [0.1, 0.15) is 11.3 Å². The van der Waals surface area contributed by atoms with Crippen LogP contribution >= 0.6 is 0 Å². The second-order valence-corrected chi connectivity index (χ2v) is 7.91. The van der Waals surface area contributed by atoms with Crippen LogP contribution in [0.4, 0.5) is 8.78 Å². The van der Waals surface area contributed by atoms with Crippen molar-refractivity contribution in [3.8, 4) is 16.9 Å². The average molecular weight is 457 g/mol. The topological polar surface area (TPSA) is 64.2 Å². The molecule has 1 amide bonds. The van der Waals surface area contributed by atoms with Crippen LogP contribution in [0.15, 0.2) is 91.4 Å². The second-order valence-electron chi connectivity index (χ2n) is 7.91. The van der Waals surface area contributed by atoms with Gasteiger partial charge in [-0.1, -0.05) is 42.5 Å². The average Bonchev–Trinajstić information content (AvgIpc) is 3.54. The number of amides is 1. The Balaban J connectivity index is 1.48. The standard InChI is InChI=1S/C26H21F2N5O/c1-17(19-10-7-11-20(14-19)32-12-5-6-13-32)30-26(34)21-16-29-33-23(24(27)28)15-22(31-25(21)33)18-8-3-2-4-9-18/h2-17,24H,1H3,(H,30,34). The Bertz CT molecular complexity index is 1450. The van der Waals surface area contributed by atoms with Gasteiger partial charge in [-0.15, -0.1) is 0 Å². The summed E-state index contributed by atoms with van der Waals surface area (Å²) >= 11 is 0. The number of hydrogen-bond acceptors (Lipinski definition) is 3. The Morgan fingerprint density at radius 3 is 2.47 bits per heavy atom. The van der Waals surface area contributed by atoms with Gasteiger partial charge in [0.2, 0.25) is 0 Å². The number of carbonyl (C=O) groups is 1. The lowest BCUT2D eigenvalue weighted by atomic mass is 10.1. The molecule has 6 nitrogen and oxygen atoms in total. The van der Waals surface area contributed by atoms with Gasteiger partial charge in [-0.05, 0) is 42.8 Å². The molecule has 0 saturated carbocycles. The lowest BCUT2D eigenvalue weighted by Crippen LogP contribution is -2.26. The van der Waals surface area contributed by atoms with E-state index in [0.29, 0.717) is 11.3 Å². The Morgan fingerprint density at radius 2 is 1.74 bits per heavy atom. The van der Waals surface area contributed by atoms with Gasteiger partial charge in [0, 0.05) is 23.6 Å². The molecule has 0 aliphatic rings. The number of nitrogens with zero attached hydrogens (tertiary/aromatic N) is 4. The van der Waals surface area contributed by atoms with Crippen LogP contribution < -0.4 is 5.32 Å². The summed E-state index contributed by atoms with van der Waals surface area (Å²) in [6.45, 7) is 1.87. The lowest BCUT2D eigenvalue weighted by Gasteiger charge is -2.15. The van der Waals surface area contributed by atoms with E-state index in [1.54, 1.807) is 24.3 Å². The highest BCUT2D eigenvalue weighted by atomic mass is 19.3. The van der Waals surface area contributed by atoms with E-state index in [-0.39, 0.29) is 22.9 Å². The number of aromatic nitrogens is 4. The van der Waals surface area contributed by atoms with E-state index in [1.165, 1.54) is 12.3 Å². The zero-order chi connectivity index (χ0) is 23.7. The van der Waals surface area contributed by atoms with Crippen molar-refractivity contribution >= 4 is 11.6 Å². The van der Waals surface area contributed by atoms with Gasteiger partial charge in [0.15, 0.2) is 5.65 Å². The Labute approximate surface area is 194 Å². The van der Waals surface area contributed by atoms with Crippen molar-refractivity contribution in [3.05, 3.63) is 108 Å². The molecule has 0 bridgehead atoms. The van der Waals surface area contributed by atoms with Crippen molar-refractivity contribution in [1.82, 2.24) is 24.5 Å². The molecule has 2 aromatic carbocycles. The van der Waals surface area contributed by atoms with Crippen molar-refractivity contribution in [2.24, 2.45) is 0 Å². The molecular formula is C26H21F2N5O.